The second-order valence-corrected chi connectivity index (χ2v) is 7.90. The van der Waals surface area contributed by atoms with Crippen molar-refractivity contribution in [1.82, 2.24) is 4.57 Å². The lowest BCUT2D eigenvalue weighted by molar-refractivity contribution is 0.0678. The molecule has 4 aromatic rings. The number of carboxylic acids is 2. The molecular formula is C24H16BrNO5. The van der Waals surface area contributed by atoms with E-state index < -0.39 is 17.5 Å². The zero-order valence-corrected chi connectivity index (χ0v) is 17.7. The van der Waals surface area contributed by atoms with Crippen LogP contribution in [0, 0.1) is 0 Å². The lowest BCUT2D eigenvalue weighted by atomic mass is 9.96. The van der Waals surface area contributed by atoms with Crippen LogP contribution in [0.25, 0.3) is 21.9 Å². The lowest BCUT2D eigenvalue weighted by Gasteiger charge is -2.18. The van der Waals surface area contributed by atoms with Gasteiger partial charge in [-0.3, -0.25) is 9.36 Å². The van der Waals surface area contributed by atoms with E-state index in [1.165, 1.54) is 16.7 Å². The van der Waals surface area contributed by atoms with E-state index in [4.69, 9.17) is 0 Å². The van der Waals surface area contributed by atoms with Gasteiger partial charge in [0, 0.05) is 15.4 Å². The summed E-state index contributed by atoms with van der Waals surface area (Å²) in [5, 5.41) is 20.3. The van der Waals surface area contributed by atoms with E-state index in [1.807, 2.05) is 6.07 Å². The van der Waals surface area contributed by atoms with Crippen LogP contribution < -0.4 is 5.56 Å². The van der Waals surface area contributed by atoms with Gasteiger partial charge in [-0.1, -0.05) is 58.4 Å². The number of hydrogen-bond acceptors (Lipinski definition) is 3. The first kappa shape index (κ1) is 20.6. The van der Waals surface area contributed by atoms with Crippen molar-refractivity contribution in [3.63, 3.8) is 0 Å². The van der Waals surface area contributed by atoms with Gasteiger partial charge in [0.2, 0.25) is 0 Å². The van der Waals surface area contributed by atoms with E-state index in [0.717, 1.165) is 4.47 Å². The van der Waals surface area contributed by atoms with Gasteiger partial charge in [-0.15, -0.1) is 0 Å². The van der Waals surface area contributed by atoms with Gasteiger partial charge in [0.15, 0.2) is 0 Å². The predicted molar refractivity (Wildman–Crippen MR) is 121 cm³/mol. The third-order valence-electron chi connectivity index (χ3n) is 5.01. The Bertz CT molecular complexity index is 1390. The van der Waals surface area contributed by atoms with Crippen molar-refractivity contribution in [2.75, 3.05) is 0 Å². The van der Waals surface area contributed by atoms with Crippen LogP contribution in [-0.2, 0) is 6.54 Å². The summed E-state index contributed by atoms with van der Waals surface area (Å²) in [6.45, 7) is -0.0760. The highest BCUT2D eigenvalue weighted by atomic mass is 79.9. The molecule has 154 valence electrons. The largest absolute Gasteiger partial charge is 0.478 e. The second-order valence-electron chi connectivity index (χ2n) is 6.98. The van der Waals surface area contributed by atoms with Crippen molar-refractivity contribution in [2.24, 2.45) is 0 Å². The number of pyridine rings is 1. The molecule has 0 saturated heterocycles. The SMILES string of the molecule is O=C(O)c1cccc(Cn2c(C(=O)O)c(-c3ccccc3)c3cc(Br)ccc3c2=O)c1. The lowest BCUT2D eigenvalue weighted by Crippen LogP contribution is -2.28. The molecule has 0 fully saturated rings. The highest BCUT2D eigenvalue weighted by Gasteiger charge is 2.23. The first-order valence-corrected chi connectivity index (χ1v) is 10.1. The molecule has 1 aromatic heterocycles. The average molecular weight is 478 g/mol. The Balaban J connectivity index is 2.07. The number of halogens is 1. The molecule has 31 heavy (non-hydrogen) atoms. The van der Waals surface area contributed by atoms with Gasteiger partial charge >= 0.3 is 11.9 Å². The molecule has 1 heterocycles. The molecule has 0 aliphatic carbocycles. The number of hydrogen-bond donors (Lipinski definition) is 2. The Kier molecular flexibility index (Phi) is 5.44. The molecule has 0 aliphatic rings. The molecular weight excluding hydrogens is 462 g/mol. The number of rotatable bonds is 5. The van der Waals surface area contributed by atoms with E-state index in [0.29, 0.717) is 27.5 Å². The van der Waals surface area contributed by atoms with E-state index in [1.54, 1.807) is 54.6 Å². The third kappa shape index (κ3) is 3.87. The molecule has 3 aromatic carbocycles. The molecule has 4 rings (SSSR count). The van der Waals surface area contributed by atoms with Gasteiger partial charge in [0.25, 0.3) is 5.56 Å². The van der Waals surface area contributed by atoms with Crippen LogP contribution in [0.1, 0.15) is 26.4 Å². The van der Waals surface area contributed by atoms with Crippen molar-refractivity contribution >= 4 is 38.6 Å². The molecule has 0 aliphatic heterocycles. The Hall–Kier alpha value is -3.71. The van der Waals surface area contributed by atoms with Crippen LogP contribution >= 0.6 is 15.9 Å². The molecule has 2 N–H and O–H groups in total. The standard InChI is InChI=1S/C24H16BrNO5/c25-17-9-10-18-19(12-17)20(15-6-2-1-3-7-15)21(24(30)31)26(22(18)27)13-14-5-4-8-16(11-14)23(28)29/h1-12H,13H2,(H,28,29)(H,30,31). The number of carbonyl (C=O) groups is 2. The average Bonchev–Trinajstić information content (AvgIpc) is 2.76. The summed E-state index contributed by atoms with van der Waals surface area (Å²) in [7, 11) is 0. The number of carboxylic acid groups (broad SMARTS) is 2. The highest BCUT2D eigenvalue weighted by Crippen LogP contribution is 2.32. The summed E-state index contributed by atoms with van der Waals surface area (Å²) >= 11 is 3.41. The van der Waals surface area contributed by atoms with E-state index in [2.05, 4.69) is 15.9 Å². The zero-order valence-electron chi connectivity index (χ0n) is 16.1. The molecule has 0 unspecified atom stereocenters. The number of benzene rings is 3. The summed E-state index contributed by atoms with van der Waals surface area (Å²) in [6, 6.07) is 20.3. The summed E-state index contributed by atoms with van der Waals surface area (Å²) in [6.07, 6.45) is 0. The minimum atomic E-state index is -1.24. The van der Waals surface area contributed by atoms with Crippen molar-refractivity contribution in [3.05, 3.63) is 104 Å². The van der Waals surface area contributed by atoms with Crippen LogP contribution in [0.2, 0.25) is 0 Å². The Morgan fingerprint density at radius 1 is 0.839 bits per heavy atom. The second kappa shape index (κ2) is 8.20. The molecule has 6 nitrogen and oxygen atoms in total. The van der Waals surface area contributed by atoms with Crippen molar-refractivity contribution < 1.29 is 19.8 Å². The van der Waals surface area contributed by atoms with E-state index in [9.17, 15) is 24.6 Å². The van der Waals surface area contributed by atoms with Gasteiger partial charge in [-0.25, -0.2) is 9.59 Å². The molecule has 0 amide bonds. The number of aromatic nitrogens is 1. The van der Waals surface area contributed by atoms with E-state index in [-0.39, 0.29) is 17.8 Å². The number of nitrogens with zero attached hydrogens (tertiary/aromatic N) is 1. The maximum atomic E-state index is 13.3. The van der Waals surface area contributed by atoms with Gasteiger partial charge in [-0.2, -0.15) is 0 Å². The quantitative estimate of drug-likeness (QED) is 0.427. The minimum Gasteiger partial charge on any atom is -0.478 e. The van der Waals surface area contributed by atoms with Gasteiger partial charge in [-0.05, 0) is 46.8 Å². The van der Waals surface area contributed by atoms with Gasteiger partial charge in [0.1, 0.15) is 5.69 Å². The summed E-state index contributed by atoms with van der Waals surface area (Å²) < 4.78 is 1.92. The molecule has 0 spiro atoms. The maximum absolute atomic E-state index is 13.3. The van der Waals surface area contributed by atoms with Gasteiger partial charge < -0.3 is 10.2 Å². The molecule has 0 saturated carbocycles. The van der Waals surface area contributed by atoms with Crippen LogP contribution in [0.4, 0.5) is 0 Å². The maximum Gasteiger partial charge on any atom is 0.353 e. The van der Waals surface area contributed by atoms with Crippen LogP contribution in [0.3, 0.4) is 0 Å². The molecule has 0 bridgehead atoms. The fourth-order valence-electron chi connectivity index (χ4n) is 3.67. The Labute approximate surface area is 185 Å². The molecule has 7 heteroatoms. The van der Waals surface area contributed by atoms with Crippen LogP contribution in [-0.4, -0.2) is 26.7 Å². The Morgan fingerprint density at radius 3 is 2.26 bits per heavy atom. The van der Waals surface area contributed by atoms with Gasteiger partial charge in [0.05, 0.1) is 12.1 Å². The monoisotopic (exact) mass is 477 g/mol. The molecule has 0 radical (unpaired) electrons. The Morgan fingerprint density at radius 2 is 1.58 bits per heavy atom. The van der Waals surface area contributed by atoms with Crippen molar-refractivity contribution in [3.8, 4) is 11.1 Å². The minimum absolute atomic E-state index is 0.0652. The summed E-state index contributed by atoms with van der Waals surface area (Å²) in [5.41, 5.74) is 1.06. The van der Waals surface area contributed by atoms with Crippen LogP contribution in [0.5, 0.6) is 0 Å². The fraction of sp³-hybridized carbons (Fsp3) is 0.0417. The molecule has 0 atom stereocenters. The number of aromatic carboxylic acids is 2. The topological polar surface area (TPSA) is 96.6 Å². The zero-order chi connectivity index (χ0) is 22.1. The first-order chi connectivity index (χ1) is 14.9. The normalized spacial score (nSPS) is 10.9. The fourth-order valence-corrected chi connectivity index (χ4v) is 4.04. The predicted octanol–water partition coefficient (Wildman–Crippen LogP) is 4.88. The smallest absolute Gasteiger partial charge is 0.353 e. The van der Waals surface area contributed by atoms with Crippen molar-refractivity contribution in [2.45, 2.75) is 6.54 Å². The number of fused-ring (bicyclic) bond motifs is 1. The van der Waals surface area contributed by atoms with Crippen molar-refractivity contribution in [1.29, 1.82) is 0 Å². The van der Waals surface area contributed by atoms with Crippen LogP contribution in [0.15, 0.2) is 82.1 Å². The summed E-state index contributed by atoms with van der Waals surface area (Å²) in [5.74, 6) is -2.34. The summed E-state index contributed by atoms with van der Waals surface area (Å²) in [4.78, 5) is 37.1. The highest BCUT2D eigenvalue weighted by molar-refractivity contribution is 9.10. The van der Waals surface area contributed by atoms with E-state index >= 15 is 0 Å². The first-order valence-electron chi connectivity index (χ1n) is 9.34. The third-order valence-corrected chi connectivity index (χ3v) is 5.51.